The van der Waals surface area contributed by atoms with Crippen LogP contribution in [0.25, 0.3) is 0 Å². The second-order valence-corrected chi connectivity index (χ2v) is 11.2. The SMILES string of the molecule is CC12CC3CC(C)(C1)CC(NCc1cc(Cl)ccc1OCc1ccccc1)(C3)C2. The van der Waals surface area contributed by atoms with Crippen LogP contribution in [0.3, 0.4) is 0 Å². The zero-order chi connectivity index (χ0) is 20.1. The molecule has 4 fully saturated rings. The maximum atomic E-state index is 6.35. The Morgan fingerprint density at radius 2 is 1.69 bits per heavy atom. The lowest BCUT2D eigenvalue weighted by molar-refractivity contribution is -0.118. The van der Waals surface area contributed by atoms with Gasteiger partial charge in [-0.2, -0.15) is 0 Å². The average molecular weight is 410 g/mol. The van der Waals surface area contributed by atoms with Crippen molar-refractivity contribution < 1.29 is 4.74 Å². The van der Waals surface area contributed by atoms with Gasteiger partial charge in [-0.25, -0.2) is 0 Å². The van der Waals surface area contributed by atoms with Gasteiger partial charge in [-0.3, -0.25) is 0 Å². The molecule has 4 aliphatic rings. The van der Waals surface area contributed by atoms with E-state index in [1.165, 1.54) is 49.7 Å². The van der Waals surface area contributed by atoms with Gasteiger partial charge >= 0.3 is 0 Å². The molecule has 0 aromatic heterocycles. The van der Waals surface area contributed by atoms with Crippen LogP contribution in [-0.2, 0) is 13.2 Å². The fourth-order valence-corrected chi connectivity index (χ4v) is 7.68. The summed E-state index contributed by atoms with van der Waals surface area (Å²) in [5.41, 5.74) is 3.66. The molecule has 1 N–H and O–H groups in total. The number of hydrogen-bond donors (Lipinski definition) is 1. The summed E-state index contributed by atoms with van der Waals surface area (Å²) in [6.45, 7) is 6.46. The predicted molar refractivity (Wildman–Crippen MR) is 119 cm³/mol. The molecule has 29 heavy (non-hydrogen) atoms. The van der Waals surface area contributed by atoms with E-state index in [1.807, 2.05) is 18.2 Å². The fourth-order valence-electron chi connectivity index (χ4n) is 7.49. The van der Waals surface area contributed by atoms with Gasteiger partial charge in [0.2, 0.25) is 0 Å². The van der Waals surface area contributed by atoms with Gasteiger partial charge < -0.3 is 10.1 Å². The minimum Gasteiger partial charge on any atom is -0.489 e. The first kappa shape index (κ1) is 19.5. The quantitative estimate of drug-likeness (QED) is 0.569. The summed E-state index contributed by atoms with van der Waals surface area (Å²) in [4.78, 5) is 0. The van der Waals surface area contributed by atoms with Gasteiger partial charge in [0, 0.05) is 22.7 Å². The minimum atomic E-state index is 0.280. The van der Waals surface area contributed by atoms with Crippen molar-refractivity contribution in [2.24, 2.45) is 16.7 Å². The van der Waals surface area contributed by atoms with Crippen molar-refractivity contribution in [1.82, 2.24) is 5.32 Å². The van der Waals surface area contributed by atoms with Gasteiger partial charge in [0.1, 0.15) is 12.4 Å². The number of hydrogen-bond acceptors (Lipinski definition) is 2. The molecule has 2 unspecified atom stereocenters. The Morgan fingerprint density at radius 1 is 0.966 bits per heavy atom. The van der Waals surface area contributed by atoms with Crippen molar-refractivity contribution in [3.63, 3.8) is 0 Å². The first-order valence-electron chi connectivity index (χ1n) is 11.0. The molecule has 3 heteroatoms. The molecular weight excluding hydrogens is 378 g/mol. The molecule has 0 saturated heterocycles. The van der Waals surface area contributed by atoms with Crippen LogP contribution in [0.1, 0.15) is 63.5 Å². The van der Waals surface area contributed by atoms with Gasteiger partial charge in [-0.05, 0) is 79.0 Å². The Kier molecular flexibility index (Phi) is 4.71. The normalized spacial score (nSPS) is 35.1. The molecule has 4 saturated carbocycles. The highest BCUT2D eigenvalue weighted by Gasteiger charge is 2.59. The van der Waals surface area contributed by atoms with Crippen LogP contribution in [-0.4, -0.2) is 5.54 Å². The van der Waals surface area contributed by atoms with Crippen molar-refractivity contribution in [2.75, 3.05) is 0 Å². The van der Waals surface area contributed by atoms with Crippen LogP contribution < -0.4 is 10.1 Å². The molecule has 0 heterocycles. The van der Waals surface area contributed by atoms with Crippen LogP contribution in [0.15, 0.2) is 48.5 Å². The summed E-state index contributed by atoms with van der Waals surface area (Å²) in [6.07, 6.45) is 8.21. The van der Waals surface area contributed by atoms with E-state index in [9.17, 15) is 0 Å². The third kappa shape index (κ3) is 3.94. The van der Waals surface area contributed by atoms with E-state index in [-0.39, 0.29) is 5.54 Å². The molecule has 0 aliphatic heterocycles. The summed E-state index contributed by atoms with van der Waals surface area (Å²) >= 11 is 6.35. The number of ether oxygens (including phenoxy) is 1. The summed E-state index contributed by atoms with van der Waals surface area (Å²) in [7, 11) is 0. The molecule has 2 atom stereocenters. The molecule has 0 spiro atoms. The van der Waals surface area contributed by atoms with E-state index >= 15 is 0 Å². The van der Waals surface area contributed by atoms with Crippen LogP contribution in [0, 0.1) is 16.7 Å². The van der Waals surface area contributed by atoms with E-state index in [2.05, 4.69) is 49.5 Å². The van der Waals surface area contributed by atoms with Gasteiger partial charge in [-0.15, -0.1) is 0 Å². The summed E-state index contributed by atoms with van der Waals surface area (Å²) < 4.78 is 6.19. The fraction of sp³-hybridized carbons (Fsp3) is 0.538. The molecule has 154 valence electrons. The Hall–Kier alpha value is -1.51. The lowest BCUT2D eigenvalue weighted by atomic mass is 9.43. The van der Waals surface area contributed by atoms with Gasteiger partial charge in [0.15, 0.2) is 0 Å². The molecule has 2 aromatic carbocycles. The molecule has 4 aliphatic carbocycles. The van der Waals surface area contributed by atoms with E-state index in [1.54, 1.807) is 0 Å². The molecule has 4 bridgehead atoms. The van der Waals surface area contributed by atoms with Crippen LogP contribution in [0.2, 0.25) is 5.02 Å². The smallest absolute Gasteiger partial charge is 0.124 e. The highest BCUT2D eigenvalue weighted by atomic mass is 35.5. The van der Waals surface area contributed by atoms with E-state index in [0.717, 1.165) is 23.2 Å². The third-order valence-corrected chi connectivity index (χ3v) is 7.77. The maximum absolute atomic E-state index is 6.35. The third-order valence-electron chi connectivity index (χ3n) is 7.54. The highest BCUT2D eigenvalue weighted by Crippen LogP contribution is 2.66. The first-order valence-corrected chi connectivity index (χ1v) is 11.4. The maximum Gasteiger partial charge on any atom is 0.124 e. The Balaban J connectivity index is 1.32. The molecule has 2 aromatic rings. The van der Waals surface area contributed by atoms with Crippen LogP contribution in [0.4, 0.5) is 0 Å². The van der Waals surface area contributed by atoms with Crippen LogP contribution in [0.5, 0.6) is 5.75 Å². The molecule has 2 nitrogen and oxygen atoms in total. The van der Waals surface area contributed by atoms with Gasteiger partial charge in [-0.1, -0.05) is 55.8 Å². The monoisotopic (exact) mass is 409 g/mol. The van der Waals surface area contributed by atoms with Crippen molar-refractivity contribution in [2.45, 2.75) is 71.1 Å². The van der Waals surface area contributed by atoms with Crippen molar-refractivity contribution in [3.05, 3.63) is 64.7 Å². The number of benzene rings is 2. The number of halogens is 1. The summed E-state index contributed by atoms with van der Waals surface area (Å²) in [6, 6.07) is 16.4. The second-order valence-electron chi connectivity index (χ2n) is 10.8. The Morgan fingerprint density at radius 3 is 2.38 bits per heavy atom. The highest BCUT2D eigenvalue weighted by molar-refractivity contribution is 6.30. The predicted octanol–water partition coefficient (Wildman–Crippen LogP) is 6.76. The van der Waals surface area contributed by atoms with Gasteiger partial charge in [0.05, 0.1) is 0 Å². The lowest BCUT2D eigenvalue weighted by Gasteiger charge is -2.65. The average Bonchev–Trinajstić information content (AvgIpc) is 2.64. The molecule has 0 radical (unpaired) electrons. The summed E-state index contributed by atoms with van der Waals surface area (Å²) in [5.74, 6) is 1.83. The van der Waals surface area contributed by atoms with E-state index in [0.29, 0.717) is 17.4 Å². The zero-order valence-corrected chi connectivity index (χ0v) is 18.4. The molecule has 6 rings (SSSR count). The molecular formula is C26H32ClNO. The first-order chi connectivity index (χ1) is 13.8. The number of nitrogens with one attached hydrogen (secondary N) is 1. The lowest BCUT2D eigenvalue weighted by Crippen LogP contribution is -2.63. The Bertz CT molecular complexity index is 877. The largest absolute Gasteiger partial charge is 0.489 e. The van der Waals surface area contributed by atoms with E-state index in [4.69, 9.17) is 16.3 Å². The Labute approximate surface area is 180 Å². The number of rotatable bonds is 6. The molecule has 0 amide bonds. The second kappa shape index (κ2) is 7.03. The van der Waals surface area contributed by atoms with Crippen molar-refractivity contribution >= 4 is 11.6 Å². The summed E-state index contributed by atoms with van der Waals surface area (Å²) in [5, 5.41) is 4.80. The topological polar surface area (TPSA) is 21.3 Å². The van der Waals surface area contributed by atoms with Crippen molar-refractivity contribution in [1.29, 1.82) is 0 Å². The van der Waals surface area contributed by atoms with Crippen LogP contribution >= 0.6 is 11.6 Å². The van der Waals surface area contributed by atoms with Crippen molar-refractivity contribution in [3.8, 4) is 5.75 Å². The minimum absolute atomic E-state index is 0.280. The van der Waals surface area contributed by atoms with Gasteiger partial charge in [0.25, 0.3) is 0 Å². The zero-order valence-electron chi connectivity index (χ0n) is 17.6. The van der Waals surface area contributed by atoms with E-state index < -0.39 is 0 Å². The standard InChI is InChI=1S/C26H32ClNO/c1-24-11-20-12-25(2,16-24)18-26(13-20,17-24)28-14-21-10-22(27)8-9-23(21)29-15-19-6-4-3-5-7-19/h3-10,20,28H,11-18H2,1-2H3.